The Morgan fingerprint density at radius 3 is 2.42 bits per heavy atom. The van der Waals surface area contributed by atoms with Gasteiger partial charge in [0.2, 0.25) is 11.8 Å². The molecule has 0 radical (unpaired) electrons. The number of nitrogens with zero attached hydrogens (tertiary/aromatic N) is 3. The third-order valence-electron chi connectivity index (χ3n) is 6.86. The van der Waals surface area contributed by atoms with Crippen molar-refractivity contribution in [3.8, 4) is 0 Å². The van der Waals surface area contributed by atoms with Crippen molar-refractivity contribution in [2.45, 2.75) is 50.5 Å². The first-order valence-corrected chi connectivity index (χ1v) is 11.4. The lowest BCUT2D eigenvalue weighted by atomic mass is 9.89. The molecule has 7 nitrogen and oxygen atoms in total. The van der Waals surface area contributed by atoms with Crippen LogP contribution in [-0.2, 0) is 9.59 Å². The average molecular weight is 421 g/mol. The zero-order chi connectivity index (χ0) is 21.4. The van der Waals surface area contributed by atoms with Crippen LogP contribution in [0.3, 0.4) is 0 Å². The number of benzene rings is 1. The van der Waals surface area contributed by atoms with Gasteiger partial charge in [-0.15, -0.1) is 0 Å². The molecule has 1 atom stereocenters. The normalized spacial score (nSPS) is 22.2. The van der Waals surface area contributed by atoms with Crippen LogP contribution in [0.1, 0.15) is 60.5 Å². The molecule has 2 aromatic rings. The van der Waals surface area contributed by atoms with Gasteiger partial charge in [-0.05, 0) is 44.2 Å². The van der Waals surface area contributed by atoms with Crippen molar-refractivity contribution in [3.05, 3.63) is 41.6 Å². The van der Waals surface area contributed by atoms with Gasteiger partial charge in [-0.3, -0.25) is 19.4 Å². The van der Waals surface area contributed by atoms with Crippen LogP contribution >= 0.6 is 0 Å². The number of carbonyl (C=O) groups excluding carboxylic acids is 3. The molecule has 3 saturated heterocycles. The average Bonchev–Trinajstić information content (AvgIpc) is 3.49. The molecule has 3 aliphatic heterocycles. The Hall–Kier alpha value is -2.96. The van der Waals surface area contributed by atoms with Crippen LogP contribution in [0.4, 0.5) is 0 Å². The molecule has 0 bridgehead atoms. The van der Waals surface area contributed by atoms with E-state index in [1.807, 2.05) is 40.1 Å². The summed E-state index contributed by atoms with van der Waals surface area (Å²) in [7, 11) is 0. The predicted octanol–water partition coefficient (Wildman–Crippen LogP) is 2.46. The van der Waals surface area contributed by atoms with Crippen LogP contribution in [0, 0.1) is 0 Å². The lowest BCUT2D eigenvalue weighted by Gasteiger charge is -2.34. The fraction of sp³-hybridized carbons (Fsp3) is 0.500. The zero-order valence-corrected chi connectivity index (χ0v) is 17.7. The monoisotopic (exact) mass is 420 g/mol. The molecule has 162 valence electrons. The largest absolute Gasteiger partial charge is 0.344 e. The second-order valence-electron chi connectivity index (χ2n) is 8.87. The SMILES string of the molecule is O=C1CCC(C(=O)N2CCC(c3nc4ccccc4cc3C(=O)N3CCCC3)CC2)N1. The van der Waals surface area contributed by atoms with Crippen LogP contribution in [0.2, 0.25) is 0 Å². The first-order chi connectivity index (χ1) is 15.1. The van der Waals surface area contributed by atoms with Crippen LogP contribution in [0.5, 0.6) is 0 Å². The number of nitrogens with one attached hydrogen (secondary N) is 1. The van der Waals surface area contributed by atoms with E-state index in [-0.39, 0.29) is 29.7 Å². The van der Waals surface area contributed by atoms with Crippen molar-refractivity contribution in [2.75, 3.05) is 26.2 Å². The maximum atomic E-state index is 13.3. The summed E-state index contributed by atoms with van der Waals surface area (Å²) in [6.45, 7) is 2.87. The number of carbonyl (C=O) groups is 3. The molecule has 5 rings (SSSR count). The van der Waals surface area contributed by atoms with Gasteiger partial charge in [0.1, 0.15) is 6.04 Å². The Morgan fingerprint density at radius 2 is 1.71 bits per heavy atom. The summed E-state index contributed by atoms with van der Waals surface area (Å²) in [5.74, 6) is 0.203. The Labute approximate surface area is 181 Å². The summed E-state index contributed by atoms with van der Waals surface area (Å²) in [6.07, 6.45) is 4.67. The second kappa shape index (κ2) is 8.29. The third kappa shape index (κ3) is 3.89. The van der Waals surface area contributed by atoms with Crippen molar-refractivity contribution in [2.24, 2.45) is 0 Å². The van der Waals surface area contributed by atoms with Crippen molar-refractivity contribution in [1.29, 1.82) is 0 Å². The summed E-state index contributed by atoms with van der Waals surface area (Å²) in [5, 5.41) is 3.76. The van der Waals surface area contributed by atoms with Gasteiger partial charge in [0, 0.05) is 43.9 Å². The van der Waals surface area contributed by atoms with Crippen molar-refractivity contribution < 1.29 is 14.4 Å². The molecular formula is C24H28N4O3. The van der Waals surface area contributed by atoms with E-state index in [4.69, 9.17) is 4.98 Å². The molecule has 0 aliphatic carbocycles. The van der Waals surface area contributed by atoms with Gasteiger partial charge in [-0.25, -0.2) is 0 Å². The molecule has 7 heteroatoms. The Kier molecular flexibility index (Phi) is 5.34. The number of piperidine rings is 1. The lowest BCUT2D eigenvalue weighted by molar-refractivity contribution is -0.135. The summed E-state index contributed by atoms with van der Waals surface area (Å²) in [4.78, 5) is 46.3. The van der Waals surface area contributed by atoms with E-state index >= 15 is 0 Å². The molecule has 3 amide bonds. The number of fused-ring (bicyclic) bond motifs is 1. The van der Waals surface area contributed by atoms with E-state index in [9.17, 15) is 14.4 Å². The van der Waals surface area contributed by atoms with Gasteiger partial charge in [-0.1, -0.05) is 18.2 Å². The summed E-state index contributed by atoms with van der Waals surface area (Å²) in [6, 6.07) is 9.56. The second-order valence-corrected chi connectivity index (χ2v) is 8.87. The van der Waals surface area contributed by atoms with Crippen LogP contribution in [0.15, 0.2) is 30.3 Å². The molecule has 0 spiro atoms. The highest BCUT2D eigenvalue weighted by atomic mass is 16.2. The van der Waals surface area contributed by atoms with Gasteiger partial charge in [0.15, 0.2) is 0 Å². The van der Waals surface area contributed by atoms with E-state index in [1.54, 1.807) is 0 Å². The van der Waals surface area contributed by atoms with E-state index in [2.05, 4.69) is 5.32 Å². The molecule has 3 aliphatic rings. The van der Waals surface area contributed by atoms with Gasteiger partial charge in [0.05, 0.1) is 16.8 Å². The minimum atomic E-state index is -0.379. The number of amides is 3. The fourth-order valence-electron chi connectivity index (χ4n) is 5.10. The number of rotatable bonds is 3. The number of aromatic nitrogens is 1. The predicted molar refractivity (Wildman–Crippen MR) is 117 cm³/mol. The minimum absolute atomic E-state index is 0.0177. The number of para-hydroxylation sites is 1. The smallest absolute Gasteiger partial charge is 0.255 e. The van der Waals surface area contributed by atoms with Gasteiger partial charge < -0.3 is 15.1 Å². The first-order valence-electron chi connectivity index (χ1n) is 11.4. The van der Waals surface area contributed by atoms with Crippen molar-refractivity contribution in [3.63, 3.8) is 0 Å². The maximum Gasteiger partial charge on any atom is 0.255 e. The molecule has 1 aromatic carbocycles. The number of hydrogen-bond acceptors (Lipinski definition) is 4. The molecular weight excluding hydrogens is 392 g/mol. The van der Waals surface area contributed by atoms with E-state index in [1.165, 1.54) is 0 Å². The van der Waals surface area contributed by atoms with E-state index in [0.29, 0.717) is 31.5 Å². The number of likely N-dealkylation sites (tertiary alicyclic amines) is 2. The molecule has 31 heavy (non-hydrogen) atoms. The van der Waals surface area contributed by atoms with Gasteiger partial charge in [0.25, 0.3) is 5.91 Å². The highest BCUT2D eigenvalue weighted by Crippen LogP contribution is 2.32. The number of hydrogen-bond donors (Lipinski definition) is 1. The van der Waals surface area contributed by atoms with Crippen LogP contribution in [-0.4, -0.2) is 64.7 Å². The van der Waals surface area contributed by atoms with Gasteiger partial charge in [-0.2, -0.15) is 0 Å². The molecule has 1 N–H and O–H groups in total. The summed E-state index contributed by atoms with van der Waals surface area (Å²) < 4.78 is 0. The fourth-order valence-corrected chi connectivity index (χ4v) is 5.10. The highest BCUT2D eigenvalue weighted by Gasteiger charge is 2.34. The summed E-state index contributed by atoms with van der Waals surface area (Å²) in [5.41, 5.74) is 2.49. The maximum absolute atomic E-state index is 13.3. The Bertz CT molecular complexity index is 1020. The van der Waals surface area contributed by atoms with E-state index < -0.39 is 0 Å². The van der Waals surface area contributed by atoms with Crippen molar-refractivity contribution >= 4 is 28.6 Å². The van der Waals surface area contributed by atoms with Crippen molar-refractivity contribution in [1.82, 2.24) is 20.1 Å². The number of pyridine rings is 1. The highest BCUT2D eigenvalue weighted by molar-refractivity contribution is 5.99. The van der Waals surface area contributed by atoms with E-state index in [0.717, 1.165) is 55.4 Å². The first kappa shape index (κ1) is 20.0. The van der Waals surface area contributed by atoms with Gasteiger partial charge >= 0.3 is 0 Å². The van der Waals surface area contributed by atoms with Crippen LogP contribution in [0.25, 0.3) is 10.9 Å². The zero-order valence-electron chi connectivity index (χ0n) is 17.7. The lowest BCUT2D eigenvalue weighted by Crippen LogP contribution is -2.47. The topological polar surface area (TPSA) is 82.6 Å². The Morgan fingerprint density at radius 1 is 0.968 bits per heavy atom. The standard InChI is InChI=1S/C24H28N4O3/c29-21-8-7-20(25-21)24(31)28-13-9-16(10-14-28)22-18(23(30)27-11-3-4-12-27)15-17-5-1-2-6-19(17)26-22/h1-2,5-6,15-16,20H,3-4,7-14H2,(H,25,29). The minimum Gasteiger partial charge on any atom is -0.344 e. The molecule has 0 saturated carbocycles. The third-order valence-corrected chi connectivity index (χ3v) is 6.86. The quantitative estimate of drug-likeness (QED) is 0.827. The molecule has 3 fully saturated rings. The van der Waals surface area contributed by atoms with Crippen LogP contribution < -0.4 is 5.32 Å². The Balaban J connectivity index is 1.38. The molecule has 1 unspecified atom stereocenters. The molecule has 4 heterocycles. The molecule has 1 aromatic heterocycles. The summed E-state index contributed by atoms with van der Waals surface area (Å²) >= 11 is 0.